The van der Waals surface area contributed by atoms with Crippen molar-refractivity contribution >= 4 is 0 Å². The minimum atomic E-state index is 0.591. The zero-order valence-corrected chi connectivity index (χ0v) is 11.6. The van der Waals surface area contributed by atoms with Crippen LogP contribution in [-0.4, -0.2) is 9.78 Å². The SMILES string of the molecule is CCn1nc(C)c(-c2ccc(CN)cc2C)c1C. The highest BCUT2D eigenvalue weighted by atomic mass is 15.3. The van der Waals surface area contributed by atoms with Gasteiger partial charge in [-0.1, -0.05) is 18.2 Å². The van der Waals surface area contributed by atoms with Crippen molar-refractivity contribution in [1.29, 1.82) is 0 Å². The van der Waals surface area contributed by atoms with Gasteiger partial charge in [-0.15, -0.1) is 0 Å². The van der Waals surface area contributed by atoms with E-state index in [0.717, 1.165) is 12.2 Å². The van der Waals surface area contributed by atoms with Gasteiger partial charge in [0.15, 0.2) is 0 Å². The van der Waals surface area contributed by atoms with Gasteiger partial charge in [0.25, 0.3) is 0 Å². The lowest BCUT2D eigenvalue weighted by atomic mass is 9.97. The molecule has 0 saturated heterocycles. The number of aryl methyl sites for hydroxylation is 3. The molecule has 18 heavy (non-hydrogen) atoms. The maximum atomic E-state index is 5.68. The molecule has 1 heterocycles. The van der Waals surface area contributed by atoms with Crippen LogP contribution in [0.1, 0.15) is 29.4 Å². The molecule has 0 aliphatic heterocycles. The van der Waals surface area contributed by atoms with Gasteiger partial charge in [0, 0.05) is 24.3 Å². The van der Waals surface area contributed by atoms with Gasteiger partial charge in [0.1, 0.15) is 0 Å². The summed E-state index contributed by atoms with van der Waals surface area (Å²) in [4.78, 5) is 0. The molecule has 0 bridgehead atoms. The maximum absolute atomic E-state index is 5.68. The molecule has 0 aliphatic carbocycles. The molecule has 0 fully saturated rings. The molecule has 0 unspecified atom stereocenters. The second-order valence-electron chi connectivity index (χ2n) is 4.71. The first-order chi connectivity index (χ1) is 8.58. The van der Waals surface area contributed by atoms with Gasteiger partial charge in [0.05, 0.1) is 5.69 Å². The average Bonchev–Trinajstić information content (AvgIpc) is 2.64. The van der Waals surface area contributed by atoms with E-state index in [9.17, 15) is 0 Å². The fourth-order valence-corrected chi connectivity index (χ4v) is 2.53. The molecule has 1 aromatic heterocycles. The Morgan fingerprint density at radius 2 is 1.94 bits per heavy atom. The smallest absolute Gasteiger partial charge is 0.0675 e. The quantitative estimate of drug-likeness (QED) is 0.900. The number of hydrogen-bond donors (Lipinski definition) is 1. The van der Waals surface area contributed by atoms with Crippen molar-refractivity contribution < 1.29 is 0 Å². The summed E-state index contributed by atoms with van der Waals surface area (Å²) in [6.45, 7) is 9.96. The molecule has 0 spiro atoms. The molecule has 2 N–H and O–H groups in total. The van der Waals surface area contributed by atoms with E-state index in [-0.39, 0.29) is 0 Å². The van der Waals surface area contributed by atoms with E-state index in [1.54, 1.807) is 0 Å². The number of nitrogens with two attached hydrogens (primary N) is 1. The van der Waals surface area contributed by atoms with E-state index < -0.39 is 0 Å². The summed E-state index contributed by atoms with van der Waals surface area (Å²) in [7, 11) is 0. The van der Waals surface area contributed by atoms with E-state index in [1.807, 2.05) is 0 Å². The molecule has 0 saturated carbocycles. The zero-order valence-electron chi connectivity index (χ0n) is 11.6. The Hall–Kier alpha value is -1.61. The fourth-order valence-electron chi connectivity index (χ4n) is 2.53. The molecular formula is C15H21N3. The fraction of sp³-hybridized carbons (Fsp3) is 0.400. The van der Waals surface area contributed by atoms with E-state index in [0.29, 0.717) is 6.54 Å². The Morgan fingerprint density at radius 1 is 1.22 bits per heavy atom. The Morgan fingerprint density at radius 3 is 2.44 bits per heavy atom. The second kappa shape index (κ2) is 4.94. The van der Waals surface area contributed by atoms with Gasteiger partial charge >= 0.3 is 0 Å². The lowest BCUT2D eigenvalue weighted by Crippen LogP contribution is -1.99. The van der Waals surface area contributed by atoms with E-state index in [2.05, 4.69) is 55.7 Å². The van der Waals surface area contributed by atoms with Gasteiger partial charge in [-0.05, 0) is 44.4 Å². The summed E-state index contributed by atoms with van der Waals surface area (Å²) in [5.41, 5.74) is 13.0. The number of rotatable bonds is 3. The Balaban J connectivity index is 2.58. The standard InChI is InChI=1S/C15H21N3/c1-5-18-12(4)15(11(3)17-18)14-7-6-13(9-16)8-10(14)2/h6-8H,5,9,16H2,1-4H3. The third-order valence-corrected chi connectivity index (χ3v) is 3.48. The normalized spacial score (nSPS) is 10.9. The van der Waals surface area contributed by atoms with Crippen molar-refractivity contribution in [2.75, 3.05) is 0 Å². The molecule has 0 aliphatic rings. The van der Waals surface area contributed by atoms with Crippen LogP contribution >= 0.6 is 0 Å². The molecule has 0 amide bonds. The minimum Gasteiger partial charge on any atom is -0.326 e. The van der Waals surface area contributed by atoms with Crippen molar-refractivity contribution in [3.05, 3.63) is 40.7 Å². The molecule has 3 heteroatoms. The number of aromatic nitrogens is 2. The zero-order chi connectivity index (χ0) is 13.3. The summed E-state index contributed by atoms with van der Waals surface area (Å²) in [6, 6.07) is 6.43. The van der Waals surface area contributed by atoms with E-state index in [4.69, 9.17) is 5.73 Å². The third-order valence-electron chi connectivity index (χ3n) is 3.48. The first kappa shape index (κ1) is 12.8. The van der Waals surface area contributed by atoms with Gasteiger partial charge in [-0.2, -0.15) is 5.10 Å². The highest BCUT2D eigenvalue weighted by molar-refractivity contribution is 5.72. The van der Waals surface area contributed by atoms with Crippen LogP contribution in [-0.2, 0) is 13.1 Å². The van der Waals surface area contributed by atoms with E-state index >= 15 is 0 Å². The average molecular weight is 243 g/mol. The molecule has 2 aromatic rings. The Bertz CT molecular complexity index is 567. The first-order valence-corrected chi connectivity index (χ1v) is 6.42. The first-order valence-electron chi connectivity index (χ1n) is 6.42. The minimum absolute atomic E-state index is 0.591. The van der Waals surface area contributed by atoms with Gasteiger partial charge in [0.2, 0.25) is 0 Å². The van der Waals surface area contributed by atoms with E-state index in [1.165, 1.54) is 27.9 Å². The summed E-state index contributed by atoms with van der Waals surface area (Å²) in [6.07, 6.45) is 0. The number of hydrogen-bond acceptors (Lipinski definition) is 2. The molecule has 1 aromatic carbocycles. The monoisotopic (exact) mass is 243 g/mol. The third kappa shape index (κ3) is 2.06. The Kier molecular flexibility index (Phi) is 3.53. The predicted molar refractivity (Wildman–Crippen MR) is 75.4 cm³/mol. The van der Waals surface area contributed by atoms with Crippen molar-refractivity contribution in [3.63, 3.8) is 0 Å². The molecule has 3 nitrogen and oxygen atoms in total. The molecule has 2 rings (SSSR count). The van der Waals surface area contributed by atoms with Crippen LogP contribution in [0, 0.1) is 20.8 Å². The predicted octanol–water partition coefficient (Wildman–Crippen LogP) is 2.95. The van der Waals surface area contributed by atoms with Crippen molar-refractivity contribution in [2.45, 2.75) is 40.8 Å². The Labute approximate surface area is 109 Å². The summed E-state index contributed by atoms with van der Waals surface area (Å²) < 4.78 is 2.06. The van der Waals surface area contributed by atoms with Gasteiger partial charge in [-0.3, -0.25) is 4.68 Å². The topological polar surface area (TPSA) is 43.8 Å². The van der Waals surface area contributed by atoms with Crippen molar-refractivity contribution in [1.82, 2.24) is 9.78 Å². The number of benzene rings is 1. The van der Waals surface area contributed by atoms with Gasteiger partial charge < -0.3 is 5.73 Å². The van der Waals surface area contributed by atoms with Crippen LogP contribution in [0.25, 0.3) is 11.1 Å². The largest absolute Gasteiger partial charge is 0.326 e. The lowest BCUT2D eigenvalue weighted by molar-refractivity contribution is 0.634. The molecule has 0 radical (unpaired) electrons. The van der Waals surface area contributed by atoms with Crippen LogP contribution in [0.2, 0.25) is 0 Å². The van der Waals surface area contributed by atoms with Crippen LogP contribution in [0.15, 0.2) is 18.2 Å². The van der Waals surface area contributed by atoms with Crippen LogP contribution in [0.4, 0.5) is 0 Å². The highest BCUT2D eigenvalue weighted by Gasteiger charge is 2.14. The summed E-state index contributed by atoms with van der Waals surface area (Å²) in [5, 5.41) is 4.58. The van der Waals surface area contributed by atoms with Crippen LogP contribution in [0.5, 0.6) is 0 Å². The molecule has 96 valence electrons. The van der Waals surface area contributed by atoms with Crippen LogP contribution in [0.3, 0.4) is 0 Å². The lowest BCUT2D eigenvalue weighted by Gasteiger charge is -2.09. The molecular weight excluding hydrogens is 222 g/mol. The van der Waals surface area contributed by atoms with Crippen molar-refractivity contribution in [3.8, 4) is 11.1 Å². The summed E-state index contributed by atoms with van der Waals surface area (Å²) >= 11 is 0. The maximum Gasteiger partial charge on any atom is 0.0675 e. The molecule has 0 atom stereocenters. The van der Waals surface area contributed by atoms with Crippen molar-refractivity contribution in [2.24, 2.45) is 5.73 Å². The highest BCUT2D eigenvalue weighted by Crippen LogP contribution is 2.30. The van der Waals surface area contributed by atoms with Crippen LogP contribution < -0.4 is 5.73 Å². The number of nitrogens with zero attached hydrogens (tertiary/aromatic N) is 2. The second-order valence-corrected chi connectivity index (χ2v) is 4.71. The van der Waals surface area contributed by atoms with Gasteiger partial charge in [-0.25, -0.2) is 0 Å². The summed E-state index contributed by atoms with van der Waals surface area (Å²) in [5.74, 6) is 0.